The molecule has 3 aromatic rings. The number of aromatic nitrogens is 3. The molecule has 132 valence electrons. The largest absolute Gasteiger partial charge is 0.319 e. The standard InChI is InChI=1S/C19H21FN4.ClH/c1-12(2)15-7-8-16(23-19(15)20)18(21)14-6-4-5-13(11-14)17-9-10-22-24(17)3;/h4-12,18H,21H2,1-3H3;1H. The molecule has 0 fully saturated rings. The fourth-order valence-electron chi connectivity index (χ4n) is 2.78. The Bertz CT molecular complexity index is 860. The second kappa shape index (κ2) is 7.76. The van der Waals surface area contributed by atoms with Crippen LogP contribution in [0, 0.1) is 5.95 Å². The van der Waals surface area contributed by atoms with E-state index in [1.54, 1.807) is 23.0 Å². The first-order valence-electron chi connectivity index (χ1n) is 7.97. The monoisotopic (exact) mass is 360 g/mol. The van der Waals surface area contributed by atoms with Gasteiger partial charge in [0.25, 0.3) is 0 Å². The van der Waals surface area contributed by atoms with Crippen LogP contribution in [0.2, 0.25) is 0 Å². The van der Waals surface area contributed by atoms with Gasteiger partial charge in [-0.3, -0.25) is 4.68 Å². The van der Waals surface area contributed by atoms with E-state index in [1.165, 1.54) is 0 Å². The molecule has 0 radical (unpaired) electrons. The van der Waals surface area contributed by atoms with Crippen LogP contribution in [0.1, 0.15) is 42.6 Å². The summed E-state index contributed by atoms with van der Waals surface area (Å²) in [4.78, 5) is 4.07. The maximum atomic E-state index is 14.2. The number of aryl methyl sites for hydroxylation is 1. The molecule has 0 spiro atoms. The fraction of sp³-hybridized carbons (Fsp3) is 0.263. The third-order valence-electron chi connectivity index (χ3n) is 4.20. The molecule has 1 atom stereocenters. The molecule has 4 nitrogen and oxygen atoms in total. The van der Waals surface area contributed by atoms with Gasteiger partial charge in [-0.15, -0.1) is 12.4 Å². The van der Waals surface area contributed by atoms with E-state index in [0.717, 1.165) is 16.8 Å². The van der Waals surface area contributed by atoms with Gasteiger partial charge in [-0.05, 0) is 29.7 Å². The van der Waals surface area contributed by atoms with Crippen LogP contribution in [0.5, 0.6) is 0 Å². The average Bonchev–Trinajstić information content (AvgIpc) is 3.00. The molecule has 25 heavy (non-hydrogen) atoms. The number of pyridine rings is 1. The first-order valence-corrected chi connectivity index (χ1v) is 7.97. The molecule has 2 N–H and O–H groups in total. The molecule has 6 heteroatoms. The minimum absolute atomic E-state index is 0. The highest BCUT2D eigenvalue weighted by Crippen LogP contribution is 2.26. The Labute approximate surface area is 153 Å². The van der Waals surface area contributed by atoms with Crippen LogP contribution in [-0.2, 0) is 7.05 Å². The van der Waals surface area contributed by atoms with Gasteiger partial charge < -0.3 is 5.73 Å². The molecule has 1 aromatic carbocycles. The summed E-state index contributed by atoms with van der Waals surface area (Å²) in [5.74, 6) is -0.350. The van der Waals surface area contributed by atoms with Crippen LogP contribution in [0.15, 0.2) is 48.7 Å². The van der Waals surface area contributed by atoms with Crippen molar-refractivity contribution in [1.82, 2.24) is 14.8 Å². The zero-order valence-corrected chi connectivity index (χ0v) is 15.3. The van der Waals surface area contributed by atoms with Crippen LogP contribution in [0.3, 0.4) is 0 Å². The third-order valence-corrected chi connectivity index (χ3v) is 4.20. The summed E-state index contributed by atoms with van der Waals surface area (Å²) in [6, 6.07) is 12.9. The normalized spacial score (nSPS) is 12.1. The number of halogens is 2. The van der Waals surface area contributed by atoms with Crippen LogP contribution in [0.4, 0.5) is 4.39 Å². The Balaban J connectivity index is 0.00000225. The highest BCUT2D eigenvalue weighted by atomic mass is 35.5. The van der Waals surface area contributed by atoms with Crippen molar-refractivity contribution in [3.63, 3.8) is 0 Å². The second-order valence-corrected chi connectivity index (χ2v) is 6.21. The molecule has 1 unspecified atom stereocenters. The van der Waals surface area contributed by atoms with Crippen LogP contribution in [0.25, 0.3) is 11.3 Å². The summed E-state index contributed by atoms with van der Waals surface area (Å²) < 4.78 is 16.0. The Kier molecular flexibility index (Phi) is 5.93. The zero-order valence-electron chi connectivity index (χ0n) is 14.5. The van der Waals surface area contributed by atoms with Crippen molar-refractivity contribution in [1.29, 1.82) is 0 Å². The van der Waals surface area contributed by atoms with E-state index in [1.807, 2.05) is 51.2 Å². The Morgan fingerprint density at radius 1 is 1.12 bits per heavy atom. The molecule has 0 amide bonds. The van der Waals surface area contributed by atoms with Crippen LogP contribution < -0.4 is 5.73 Å². The molecule has 0 saturated heterocycles. The van der Waals surface area contributed by atoms with Crippen molar-refractivity contribution < 1.29 is 4.39 Å². The molecule has 2 aromatic heterocycles. The van der Waals surface area contributed by atoms with Gasteiger partial charge in [0.1, 0.15) is 0 Å². The van der Waals surface area contributed by atoms with Gasteiger partial charge in [-0.2, -0.15) is 9.49 Å². The molecule has 2 heterocycles. The second-order valence-electron chi connectivity index (χ2n) is 6.21. The van der Waals surface area contributed by atoms with Crippen molar-refractivity contribution in [3.8, 4) is 11.3 Å². The van der Waals surface area contributed by atoms with Crippen LogP contribution >= 0.6 is 12.4 Å². The molecule has 0 aliphatic rings. The summed E-state index contributed by atoms with van der Waals surface area (Å²) in [6.45, 7) is 3.88. The van der Waals surface area contributed by atoms with Crippen molar-refractivity contribution in [3.05, 3.63) is 71.4 Å². The smallest absolute Gasteiger partial charge is 0.216 e. The topological polar surface area (TPSA) is 56.7 Å². The molecule has 0 bridgehead atoms. The van der Waals surface area contributed by atoms with Gasteiger partial charge in [-0.1, -0.05) is 38.1 Å². The lowest BCUT2D eigenvalue weighted by Crippen LogP contribution is -2.15. The molecule has 0 aliphatic heterocycles. The van der Waals surface area contributed by atoms with E-state index in [9.17, 15) is 4.39 Å². The van der Waals surface area contributed by atoms with Gasteiger partial charge in [-0.25, -0.2) is 4.98 Å². The van der Waals surface area contributed by atoms with E-state index < -0.39 is 12.0 Å². The van der Waals surface area contributed by atoms with Crippen molar-refractivity contribution >= 4 is 12.4 Å². The SMILES string of the molecule is CC(C)c1ccc(C(N)c2cccc(-c3ccnn3C)c2)nc1F.Cl. The summed E-state index contributed by atoms with van der Waals surface area (Å²) in [6.07, 6.45) is 1.75. The summed E-state index contributed by atoms with van der Waals surface area (Å²) in [7, 11) is 1.89. The molecule has 3 rings (SSSR count). The van der Waals surface area contributed by atoms with E-state index in [-0.39, 0.29) is 18.3 Å². The number of hydrogen-bond acceptors (Lipinski definition) is 3. The predicted molar refractivity (Wildman–Crippen MR) is 100 cm³/mol. The van der Waals surface area contributed by atoms with E-state index in [2.05, 4.69) is 10.1 Å². The molecule has 0 saturated carbocycles. The van der Waals surface area contributed by atoms with E-state index in [4.69, 9.17) is 5.73 Å². The van der Waals surface area contributed by atoms with E-state index >= 15 is 0 Å². The van der Waals surface area contributed by atoms with Gasteiger partial charge >= 0.3 is 0 Å². The minimum Gasteiger partial charge on any atom is -0.319 e. The predicted octanol–water partition coefficient (Wildman–Crippen LogP) is 4.21. The van der Waals surface area contributed by atoms with E-state index in [0.29, 0.717) is 11.3 Å². The molecular weight excluding hydrogens is 339 g/mol. The summed E-state index contributed by atoms with van der Waals surface area (Å²) >= 11 is 0. The quantitative estimate of drug-likeness (QED) is 0.709. The van der Waals surface area contributed by atoms with Crippen LogP contribution in [-0.4, -0.2) is 14.8 Å². The highest BCUT2D eigenvalue weighted by molar-refractivity contribution is 5.85. The first kappa shape index (κ1) is 19.1. The summed E-state index contributed by atoms with van der Waals surface area (Å²) in [5.41, 5.74) is 10.4. The van der Waals surface area contributed by atoms with Crippen molar-refractivity contribution in [2.24, 2.45) is 12.8 Å². The maximum Gasteiger partial charge on any atom is 0.216 e. The fourth-order valence-corrected chi connectivity index (χ4v) is 2.78. The number of rotatable bonds is 4. The average molecular weight is 361 g/mol. The van der Waals surface area contributed by atoms with Gasteiger partial charge in [0.15, 0.2) is 0 Å². The maximum absolute atomic E-state index is 14.2. The van der Waals surface area contributed by atoms with Gasteiger partial charge in [0.2, 0.25) is 5.95 Å². The number of benzene rings is 1. The summed E-state index contributed by atoms with van der Waals surface area (Å²) in [5, 5.41) is 4.19. The number of hydrogen-bond donors (Lipinski definition) is 1. The highest BCUT2D eigenvalue weighted by Gasteiger charge is 2.15. The lowest BCUT2D eigenvalue weighted by atomic mass is 9.99. The lowest BCUT2D eigenvalue weighted by Gasteiger charge is -2.15. The van der Waals surface area contributed by atoms with Crippen molar-refractivity contribution in [2.45, 2.75) is 25.8 Å². The molecule has 0 aliphatic carbocycles. The van der Waals surface area contributed by atoms with Gasteiger partial charge in [0, 0.05) is 24.4 Å². The Morgan fingerprint density at radius 3 is 2.48 bits per heavy atom. The molecular formula is C19H22ClFN4. The van der Waals surface area contributed by atoms with Gasteiger partial charge in [0.05, 0.1) is 17.4 Å². The van der Waals surface area contributed by atoms with Crippen molar-refractivity contribution in [2.75, 3.05) is 0 Å². The number of nitrogens with two attached hydrogens (primary N) is 1. The first-order chi connectivity index (χ1) is 11.5. The third kappa shape index (κ3) is 3.89. The lowest BCUT2D eigenvalue weighted by molar-refractivity contribution is 0.546. The zero-order chi connectivity index (χ0) is 17.3. The Morgan fingerprint density at radius 2 is 1.88 bits per heavy atom. The number of nitrogens with zero attached hydrogens (tertiary/aromatic N) is 3. The minimum atomic E-state index is -0.478. The Hall–Kier alpha value is -2.24.